The largest absolute Gasteiger partial charge is 0.378 e. The Morgan fingerprint density at radius 3 is 2.12 bits per heavy atom. The van der Waals surface area contributed by atoms with Crippen LogP contribution in [0.15, 0.2) is 42.5 Å². The zero-order chi connectivity index (χ0) is 24.2. The van der Waals surface area contributed by atoms with Crippen LogP contribution in [-0.4, -0.2) is 68.6 Å². The minimum Gasteiger partial charge on any atom is -0.378 e. The Balaban J connectivity index is 1.55. The molecule has 1 N–H and O–H groups in total. The van der Waals surface area contributed by atoms with E-state index in [2.05, 4.69) is 35.9 Å². The first-order valence-electron chi connectivity index (χ1n) is 11.5. The number of nitrogens with one attached hydrogen (secondary N) is 1. The molecule has 33 heavy (non-hydrogen) atoms. The lowest BCUT2D eigenvalue weighted by Gasteiger charge is -2.40. The van der Waals surface area contributed by atoms with Gasteiger partial charge in [0.15, 0.2) is 0 Å². The summed E-state index contributed by atoms with van der Waals surface area (Å²) in [5.74, 6) is -0.0153. The highest BCUT2D eigenvalue weighted by Gasteiger charge is 2.30. The van der Waals surface area contributed by atoms with Gasteiger partial charge in [0.05, 0.1) is 10.0 Å². The highest BCUT2D eigenvalue weighted by molar-refractivity contribution is 6.42. The van der Waals surface area contributed by atoms with Gasteiger partial charge in [-0.15, -0.1) is 0 Å². The minimum atomic E-state index is -0.0452. The lowest BCUT2D eigenvalue weighted by atomic mass is 9.86. The number of hydrogen-bond donors (Lipinski definition) is 1. The number of piperazine rings is 1. The highest BCUT2D eigenvalue weighted by atomic mass is 35.5. The fourth-order valence-corrected chi connectivity index (χ4v) is 4.29. The number of amides is 1. The SMILES string of the molecule is CN(C)c1ccc(C(=O)N[C@H](CN2CCN(Cc3ccc(Cl)c(Cl)c3)CC2)C(C)(C)C)cc1. The molecule has 1 atom stereocenters. The van der Waals surface area contributed by atoms with Gasteiger partial charge in [0.2, 0.25) is 0 Å². The highest BCUT2D eigenvalue weighted by Crippen LogP contribution is 2.24. The van der Waals surface area contributed by atoms with E-state index in [0.717, 1.165) is 45.0 Å². The lowest BCUT2D eigenvalue weighted by Crippen LogP contribution is -2.54. The van der Waals surface area contributed by atoms with Gasteiger partial charge in [-0.05, 0) is 47.4 Å². The van der Waals surface area contributed by atoms with Crippen LogP contribution in [0.5, 0.6) is 0 Å². The van der Waals surface area contributed by atoms with Crippen LogP contribution in [0.25, 0.3) is 0 Å². The van der Waals surface area contributed by atoms with Crippen molar-refractivity contribution in [2.24, 2.45) is 5.41 Å². The number of benzene rings is 2. The van der Waals surface area contributed by atoms with Crippen LogP contribution in [-0.2, 0) is 6.54 Å². The molecule has 0 aliphatic carbocycles. The molecule has 0 radical (unpaired) electrons. The molecule has 0 spiro atoms. The van der Waals surface area contributed by atoms with Crippen LogP contribution < -0.4 is 10.2 Å². The van der Waals surface area contributed by atoms with Gasteiger partial charge in [0.1, 0.15) is 0 Å². The number of halogens is 2. The maximum atomic E-state index is 13.0. The second kappa shape index (κ2) is 11.1. The third kappa shape index (κ3) is 7.35. The summed E-state index contributed by atoms with van der Waals surface area (Å²) in [6, 6.07) is 13.7. The third-order valence-electron chi connectivity index (χ3n) is 6.29. The smallest absolute Gasteiger partial charge is 0.251 e. The van der Waals surface area contributed by atoms with Gasteiger partial charge in [0.25, 0.3) is 5.91 Å². The molecule has 1 amide bonds. The topological polar surface area (TPSA) is 38.8 Å². The molecule has 2 aromatic rings. The molecule has 1 saturated heterocycles. The van der Waals surface area contributed by atoms with Crippen LogP contribution in [0.2, 0.25) is 10.0 Å². The molecule has 1 heterocycles. The van der Waals surface area contributed by atoms with E-state index >= 15 is 0 Å². The third-order valence-corrected chi connectivity index (χ3v) is 7.03. The normalized spacial score (nSPS) is 16.5. The van der Waals surface area contributed by atoms with Gasteiger partial charge < -0.3 is 10.2 Å². The van der Waals surface area contributed by atoms with Crippen molar-refractivity contribution >= 4 is 34.8 Å². The molecule has 5 nitrogen and oxygen atoms in total. The van der Waals surface area contributed by atoms with Gasteiger partial charge in [-0.3, -0.25) is 14.6 Å². The maximum absolute atomic E-state index is 13.0. The molecule has 3 rings (SSSR count). The summed E-state index contributed by atoms with van der Waals surface area (Å²) in [7, 11) is 3.99. The number of hydrogen-bond acceptors (Lipinski definition) is 4. The van der Waals surface area contributed by atoms with Gasteiger partial charge in [-0.25, -0.2) is 0 Å². The predicted octanol–water partition coefficient (Wildman–Crippen LogP) is 5.02. The summed E-state index contributed by atoms with van der Waals surface area (Å²) >= 11 is 12.2. The average molecular weight is 492 g/mol. The van der Waals surface area contributed by atoms with Crippen molar-refractivity contribution in [3.05, 3.63) is 63.6 Å². The molecule has 7 heteroatoms. The number of carbonyl (C=O) groups excluding carboxylic acids is 1. The van der Waals surface area contributed by atoms with Gasteiger partial charge >= 0.3 is 0 Å². The van der Waals surface area contributed by atoms with E-state index in [1.165, 1.54) is 5.56 Å². The van der Waals surface area contributed by atoms with E-state index in [1.807, 2.05) is 61.5 Å². The predicted molar refractivity (Wildman–Crippen MR) is 140 cm³/mol. The molecule has 0 aromatic heterocycles. The number of rotatable bonds is 7. The Morgan fingerprint density at radius 1 is 0.970 bits per heavy atom. The summed E-state index contributed by atoms with van der Waals surface area (Å²) in [4.78, 5) is 19.9. The average Bonchev–Trinajstić information content (AvgIpc) is 2.76. The molecule has 2 aromatic carbocycles. The van der Waals surface area contributed by atoms with Gasteiger partial charge in [-0.1, -0.05) is 50.0 Å². The Kier molecular flexibility index (Phi) is 8.68. The molecular weight excluding hydrogens is 455 g/mol. The molecule has 0 saturated carbocycles. The quantitative estimate of drug-likeness (QED) is 0.590. The van der Waals surface area contributed by atoms with Crippen molar-refractivity contribution in [1.29, 1.82) is 0 Å². The Bertz CT molecular complexity index is 932. The first-order valence-corrected chi connectivity index (χ1v) is 12.3. The van der Waals surface area contributed by atoms with E-state index in [4.69, 9.17) is 23.2 Å². The number of carbonyl (C=O) groups is 1. The van der Waals surface area contributed by atoms with Crippen molar-refractivity contribution in [3.63, 3.8) is 0 Å². The zero-order valence-corrected chi connectivity index (χ0v) is 21.9. The second-order valence-electron chi connectivity index (χ2n) is 10.2. The van der Waals surface area contributed by atoms with E-state index in [0.29, 0.717) is 15.6 Å². The van der Waals surface area contributed by atoms with Crippen LogP contribution in [0.1, 0.15) is 36.7 Å². The Labute approximate surface area is 208 Å². The van der Waals surface area contributed by atoms with E-state index in [1.54, 1.807) is 0 Å². The summed E-state index contributed by atoms with van der Waals surface area (Å²) in [6.45, 7) is 12.2. The van der Waals surface area contributed by atoms with Gasteiger partial charge in [0, 0.05) is 70.7 Å². The van der Waals surface area contributed by atoms with Crippen LogP contribution in [0.4, 0.5) is 5.69 Å². The summed E-state index contributed by atoms with van der Waals surface area (Å²) in [5, 5.41) is 4.49. The molecular formula is C26H36Cl2N4O. The van der Waals surface area contributed by atoms with Crippen molar-refractivity contribution < 1.29 is 4.79 Å². The monoisotopic (exact) mass is 490 g/mol. The van der Waals surface area contributed by atoms with Crippen LogP contribution in [0.3, 0.4) is 0 Å². The fraction of sp³-hybridized carbons (Fsp3) is 0.500. The molecule has 1 fully saturated rings. The van der Waals surface area contributed by atoms with Crippen molar-refractivity contribution in [2.75, 3.05) is 51.7 Å². The second-order valence-corrected chi connectivity index (χ2v) is 11.0. The number of anilines is 1. The fourth-order valence-electron chi connectivity index (χ4n) is 3.97. The van der Waals surface area contributed by atoms with Crippen molar-refractivity contribution in [3.8, 4) is 0 Å². The maximum Gasteiger partial charge on any atom is 0.251 e. The molecule has 0 bridgehead atoms. The summed E-state index contributed by atoms with van der Waals surface area (Å²) in [6.07, 6.45) is 0. The van der Waals surface area contributed by atoms with Crippen LogP contribution >= 0.6 is 23.2 Å². The van der Waals surface area contributed by atoms with Gasteiger partial charge in [-0.2, -0.15) is 0 Å². The summed E-state index contributed by atoms with van der Waals surface area (Å²) in [5.41, 5.74) is 2.91. The van der Waals surface area contributed by atoms with Crippen LogP contribution in [0, 0.1) is 5.41 Å². The standard InChI is InChI=1S/C26H36Cl2N4O/c1-26(2,3)24(29-25(33)20-7-9-21(10-8-20)30(4)5)18-32-14-12-31(13-15-32)17-19-6-11-22(27)23(28)16-19/h6-11,16,24H,12-15,17-18H2,1-5H3,(H,29,33)/t24-/m1/s1. The van der Waals surface area contributed by atoms with E-state index < -0.39 is 0 Å². The minimum absolute atomic E-state index is 0.0153. The lowest BCUT2D eigenvalue weighted by molar-refractivity contribution is 0.0790. The Morgan fingerprint density at radius 2 is 1.58 bits per heavy atom. The molecule has 1 aliphatic heterocycles. The van der Waals surface area contributed by atoms with E-state index in [-0.39, 0.29) is 17.4 Å². The molecule has 0 unspecified atom stereocenters. The Hall–Kier alpha value is -1.79. The zero-order valence-electron chi connectivity index (χ0n) is 20.4. The summed E-state index contributed by atoms with van der Waals surface area (Å²) < 4.78 is 0. The molecule has 180 valence electrons. The first-order chi connectivity index (χ1) is 15.5. The van der Waals surface area contributed by atoms with Crippen molar-refractivity contribution in [2.45, 2.75) is 33.4 Å². The van der Waals surface area contributed by atoms with Crippen molar-refractivity contribution in [1.82, 2.24) is 15.1 Å². The number of nitrogens with zero attached hydrogens (tertiary/aromatic N) is 3. The van der Waals surface area contributed by atoms with E-state index in [9.17, 15) is 4.79 Å². The molecule has 1 aliphatic rings. The first kappa shape index (κ1) is 25.8.